The third kappa shape index (κ3) is 2.54. The molecule has 1 aliphatic rings. The van der Waals surface area contributed by atoms with E-state index >= 15 is 0 Å². The van der Waals surface area contributed by atoms with Gasteiger partial charge in [-0.2, -0.15) is 0 Å². The van der Waals surface area contributed by atoms with E-state index in [0.717, 1.165) is 17.7 Å². The van der Waals surface area contributed by atoms with Crippen molar-refractivity contribution in [3.05, 3.63) is 21.4 Å². The van der Waals surface area contributed by atoms with Crippen LogP contribution in [0, 0.1) is 5.92 Å². The second-order valence-corrected chi connectivity index (χ2v) is 6.07. The van der Waals surface area contributed by atoms with Gasteiger partial charge in [-0.05, 0) is 36.8 Å². The predicted molar refractivity (Wildman–Crippen MR) is 69.4 cm³/mol. The lowest BCUT2D eigenvalue weighted by atomic mass is 9.99. The van der Waals surface area contributed by atoms with E-state index in [9.17, 15) is 4.79 Å². The fourth-order valence-corrected chi connectivity index (χ4v) is 3.68. The Morgan fingerprint density at radius 1 is 1.50 bits per heavy atom. The number of carbonyl (C=O) groups excluding carboxylic acids is 1. The molecule has 0 bridgehead atoms. The molecule has 1 aliphatic carbocycles. The summed E-state index contributed by atoms with van der Waals surface area (Å²) in [6.07, 6.45) is 6.72. The van der Waals surface area contributed by atoms with Gasteiger partial charge in [-0.1, -0.05) is 26.7 Å². The molecule has 0 aliphatic heterocycles. The van der Waals surface area contributed by atoms with Crippen LogP contribution in [0.15, 0.2) is 6.07 Å². The molecule has 1 atom stereocenters. The number of carbonyl (C=O) groups is 1. The van der Waals surface area contributed by atoms with Gasteiger partial charge in [0.25, 0.3) is 0 Å². The smallest absolute Gasteiger partial charge is 0.173 e. The second kappa shape index (κ2) is 5.13. The Balaban J connectivity index is 1.98. The van der Waals surface area contributed by atoms with Crippen molar-refractivity contribution in [2.45, 2.75) is 52.4 Å². The molecule has 0 aromatic carbocycles. The van der Waals surface area contributed by atoms with Crippen LogP contribution in [0.25, 0.3) is 0 Å². The summed E-state index contributed by atoms with van der Waals surface area (Å²) in [4.78, 5) is 14.5. The molecular formula is C14H20OS. The highest BCUT2D eigenvalue weighted by atomic mass is 32.1. The lowest BCUT2D eigenvalue weighted by Crippen LogP contribution is -2.04. The number of aryl methyl sites for hydroxylation is 2. The summed E-state index contributed by atoms with van der Waals surface area (Å²) in [6, 6.07) is 2.15. The quantitative estimate of drug-likeness (QED) is 0.699. The number of hydrogen-bond donors (Lipinski definition) is 0. The molecule has 0 radical (unpaired) electrons. The lowest BCUT2D eigenvalue weighted by molar-refractivity contribution is 0.0966. The molecule has 16 heavy (non-hydrogen) atoms. The van der Waals surface area contributed by atoms with Crippen molar-refractivity contribution in [1.82, 2.24) is 0 Å². The van der Waals surface area contributed by atoms with Gasteiger partial charge in [-0.3, -0.25) is 4.79 Å². The van der Waals surface area contributed by atoms with Crippen molar-refractivity contribution < 1.29 is 4.79 Å². The fraction of sp³-hybridized carbons (Fsp3) is 0.643. The molecule has 0 spiro atoms. The van der Waals surface area contributed by atoms with Crippen LogP contribution < -0.4 is 0 Å². The Morgan fingerprint density at radius 3 is 3.00 bits per heavy atom. The van der Waals surface area contributed by atoms with Crippen LogP contribution in [-0.4, -0.2) is 5.78 Å². The van der Waals surface area contributed by atoms with Crippen molar-refractivity contribution >= 4 is 17.1 Å². The molecule has 2 heteroatoms. The van der Waals surface area contributed by atoms with Gasteiger partial charge in [0.2, 0.25) is 0 Å². The highest BCUT2D eigenvalue weighted by molar-refractivity contribution is 7.14. The number of thiophene rings is 1. The molecule has 2 rings (SSSR count). The van der Waals surface area contributed by atoms with Crippen LogP contribution in [0.2, 0.25) is 0 Å². The Bertz CT molecular complexity index is 357. The van der Waals surface area contributed by atoms with Gasteiger partial charge in [0.05, 0.1) is 4.88 Å². The monoisotopic (exact) mass is 236 g/mol. The maximum absolute atomic E-state index is 12.0. The molecule has 1 heterocycles. The van der Waals surface area contributed by atoms with Crippen LogP contribution in [0.4, 0.5) is 0 Å². The van der Waals surface area contributed by atoms with Crippen LogP contribution >= 0.6 is 11.3 Å². The first-order valence-corrected chi connectivity index (χ1v) is 7.17. The average molecular weight is 236 g/mol. The molecule has 0 N–H and O–H groups in total. The van der Waals surface area contributed by atoms with Crippen LogP contribution in [0.1, 0.15) is 59.6 Å². The van der Waals surface area contributed by atoms with E-state index in [4.69, 9.17) is 0 Å². The maximum atomic E-state index is 12.0. The van der Waals surface area contributed by atoms with E-state index < -0.39 is 0 Å². The normalized spacial score (nSPS) is 16.1. The zero-order chi connectivity index (χ0) is 11.5. The highest BCUT2D eigenvalue weighted by Gasteiger charge is 2.19. The van der Waals surface area contributed by atoms with Gasteiger partial charge in [-0.25, -0.2) is 0 Å². The van der Waals surface area contributed by atoms with Crippen molar-refractivity contribution in [2.75, 3.05) is 0 Å². The minimum absolute atomic E-state index is 0.361. The molecule has 1 aromatic rings. The predicted octanol–water partition coefficient (Wildman–Crippen LogP) is 4.25. The topological polar surface area (TPSA) is 17.1 Å². The van der Waals surface area contributed by atoms with Crippen molar-refractivity contribution in [3.63, 3.8) is 0 Å². The molecule has 1 unspecified atom stereocenters. The summed E-state index contributed by atoms with van der Waals surface area (Å²) >= 11 is 1.74. The maximum Gasteiger partial charge on any atom is 0.173 e. The zero-order valence-electron chi connectivity index (χ0n) is 10.2. The number of fused-ring (bicyclic) bond motifs is 1. The largest absolute Gasteiger partial charge is 0.293 e. The molecule has 88 valence electrons. The van der Waals surface area contributed by atoms with Gasteiger partial charge in [0.1, 0.15) is 0 Å². The summed E-state index contributed by atoms with van der Waals surface area (Å²) in [7, 11) is 0. The molecule has 1 nitrogen and oxygen atoms in total. The third-order valence-electron chi connectivity index (χ3n) is 3.34. The highest BCUT2D eigenvalue weighted by Crippen LogP contribution is 2.31. The van der Waals surface area contributed by atoms with Gasteiger partial charge in [0, 0.05) is 11.3 Å². The van der Waals surface area contributed by atoms with Crippen molar-refractivity contribution in [1.29, 1.82) is 0 Å². The summed E-state index contributed by atoms with van der Waals surface area (Å²) < 4.78 is 0. The number of Topliss-reactive ketones (excluding diaryl/α,β-unsaturated/α-hetero) is 1. The number of rotatable bonds is 5. The molecule has 0 saturated carbocycles. The minimum atomic E-state index is 0.361. The van der Waals surface area contributed by atoms with Gasteiger partial charge in [0.15, 0.2) is 5.78 Å². The van der Waals surface area contributed by atoms with E-state index in [1.165, 1.54) is 36.1 Å². The summed E-state index contributed by atoms with van der Waals surface area (Å²) in [6.45, 7) is 4.36. The molecule has 0 amide bonds. The van der Waals surface area contributed by atoms with E-state index in [0.29, 0.717) is 11.7 Å². The first-order valence-electron chi connectivity index (χ1n) is 6.35. The van der Waals surface area contributed by atoms with E-state index in [1.807, 2.05) is 0 Å². The Morgan fingerprint density at radius 2 is 2.31 bits per heavy atom. The standard InChI is InChI=1S/C14H20OS/c1-3-5-10(2)8-12(15)14-9-11-6-4-7-13(11)16-14/h9-10H,3-8H2,1-2H3. The third-order valence-corrected chi connectivity index (χ3v) is 4.61. The molecular weight excluding hydrogens is 216 g/mol. The number of ketones is 1. The van der Waals surface area contributed by atoms with Crippen LogP contribution in [0.3, 0.4) is 0 Å². The molecule has 1 aromatic heterocycles. The second-order valence-electron chi connectivity index (χ2n) is 4.93. The first-order chi connectivity index (χ1) is 7.70. The van der Waals surface area contributed by atoms with Crippen molar-refractivity contribution in [2.24, 2.45) is 5.92 Å². The Labute approximate surface area is 102 Å². The SMILES string of the molecule is CCCC(C)CC(=O)c1cc2c(s1)CCC2. The lowest BCUT2D eigenvalue weighted by Gasteiger charge is -2.07. The Kier molecular flexibility index (Phi) is 3.80. The van der Waals surface area contributed by atoms with Crippen molar-refractivity contribution in [3.8, 4) is 0 Å². The summed E-state index contributed by atoms with van der Waals surface area (Å²) in [5, 5.41) is 0. The van der Waals surface area contributed by atoms with Gasteiger partial charge in [-0.15, -0.1) is 11.3 Å². The summed E-state index contributed by atoms with van der Waals surface area (Å²) in [5.41, 5.74) is 1.44. The molecule has 0 fully saturated rings. The minimum Gasteiger partial charge on any atom is -0.293 e. The fourth-order valence-electron chi connectivity index (χ4n) is 2.48. The van der Waals surface area contributed by atoms with Gasteiger partial charge < -0.3 is 0 Å². The first kappa shape index (κ1) is 11.8. The molecule has 0 saturated heterocycles. The van der Waals surface area contributed by atoms with Crippen LogP contribution in [0.5, 0.6) is 0 Å². The summed E-state index contributed by atoms with van der Waals surface area (Å²) in [5.74, 6) is 0.898. The average Bonchev–Trinajstić information content (AvgIpc) is 2.76. The van der Waals surface area contributed by atoms with Gasteiger partial charge >= 0.3 is 0 Å². The van der Waals surface area contributed by atoms with Crippen LogP contribution in [-0.2, 0) is 12.8 Å². The Hall–Kier alpha value is -0.630. The van der Waals surface area contributed by atoms with E-state index in [1.54, 1.807) is 11.3 Å². The number of hydrogen-bond acceptors (Lipinski definition) is 2. The van der Waals surface area contributed by atoms with E-state index in [-0.39, 0.29) is 0 Å². The van der Waals surface area contributed by atoms with E-state index in [2.05, 4.69) is 19.9 Å². The zero-order valence-corrected chi connectivity index (χ0v) is 11.0.